The number of aryl methyl sites for hydroxylation is 7. The molecule has 1 aliphatic carbocycles. The molecule has 1 N–H and O–H groups in total. The highest BCUT2D eigenvalue weighted by Gasteiger charge is 2.34. The van der Waals surface area contributed by atoms with Crippen molar-refractivity contribution >= 4 is 21.4 Å². The Hall–Kier alpha value is -3.55. The lowest BCUT2D eigenvalue weighted by Gasteiger charge is -2.35. The normalized spacial score (nSPS) is 18.8. The number of hydrogen-bond donors (Lipinski definition) is 1. The van der Waals surface area contributed by atoms with Gasteiger partial charge in [-0.2, -0.15) is 0 Å². The average Bonchev–Trinajstić information content (AvgIpc) is 3.33. The Kier molecular flexibility index (Phi) is 8.77. The molecule has 2 aliphatic rings. The molecule has 3 aromatic carbocycles. The van der Waals surface area contributed by atoms with Crippen molar-refractivity contribution < 1.29 is 13.2 Å². The Balaban J connectivity index is 1.55. The predicted octanol–water partition coefficient (Wildman–Crippen LogP) is 8.14. The van der Waals surface area contributed by atoms with Crippen LogP contribution in [-0.2, 0) is 14.8 Å². The van der Waals surface area contributed by atoms with E-state index >= 15 is 0 Å². The summed E-state index contributed by atoms with van der Waals surface area (Å²) in [4.78, 5) is 4.74. The molecular weight excluding hydrogens is 554 g/mol. The van der Waals surface area contributed by atoms with Gasteiger partial charge in [-0.05, 0) is 109 Å². The topological polar surface area (TPSA) is 61.9 Å². The quantitative estimate of drug-likeness (QED) is 0.278. The third kappa shape index (κ3) is 6.38. The zero-order valence-corrected chi connectivity index (χ0v) is 27.6. The van der Waals surface area contributed by atoms with Crippen LogP contribution >= 0.6 is 0 Å². The van der Waals surface area contributed by atoms with E-state index in [9.17, 15) is 8.42 Å². The number of benzene rings is 3. The van der Waals surface area contributed by atoms with E-state index in [1.807, 2.05) is 26.0 Å². The summed E-state index contributed by atoms with van der Waals surface area (Å²) >= 11 is 0. The first-order chi connectivity index (χ1) is 20.4. The molecule has 0 aromatic heterocycles. The van der Waals surface area contributed by atoms with Gasteiger partial charge in [-0.1, -0.05) is 59.5 Å². The molecule has 7 heteroatoms. The molecule has 0 bridgehead atoms. The second-order valence-corrected chi connectivity index (χ2v) is 14.1. The van der Waals surface area contributed by atoms with Gasteiger partial charge in [0.05, 0.1) is 22.3 Å². The van der Waals surface area contributed by atoms with Crippen molar-refractivity contribution in [2.24, 2.45) is 0 Å². The van der Waals surface area contributed by atoms with E-state index in [2.05, 4.69) is 92.7 Å². The fraction of sp³-hybridized carbons (Fsp3) is 0.389. The van der Waals surface area contributed by atoms with Gasteiger partial charge < -0.3 is 4.74 Å². The van der Waals surface area contributed by atoms with Gasteiger partial charge in [0.2, 0.25) is 10.0 Å². The maximum atomic E-state index is 13.4. The minimum Gasteiger partial charge on any atom is -0.490 e. The van der Waals surface area contributed by atoms with Crippen LogP contribution < -0.4 is 14.5 Å². The van der Waals surface area contributed by atoms with E-state index in [-0.39, 0.29) is 17.0 Å². The molecule has 0 amide bonds. The van der Waals surface area contributed by atoms with Gasteiger partial charge in [-0.3, -0.25) is 9.80 Å². The third-order valence-corrected chi connectivity index (χ3v) is 10.1. The maximum Gasteiger partial charge on any atom is 0.240 e. The lowest BCUT2D eigenvalue weighted by atomic mass is 9.93. The summed E-state index contributed by atoms with van der Waals surface area (Å²) in [7, 11) is -3.68. The zero-order valence-electron chi connectivity index (χ0n) is 26.8. The second-order valence-electron chi connectivity index (χ2n) is 12.4. The molecule has 1 fully saturated rings. The molecular formula is C36H45N3O3S. The fourth-order valence-electron chi connectivity index (χ4n) is 6.83. The number of anilines is 2. The van der Waals surface area contributed by atoms with Crippen molar-refractivity contribution in [1.82, 2.24) is 4.72 Å². The molecule has 1 heterocycles. The van der Waals surface area contributed by atoms with Crippen molar-refractivity contribution in [2.45, 2.75) is 98.1 Å². The summed E-state index contributed by atoms with van der Waals surface area (Å²) in [5.41, 5.74) is 10.5. The van der Waals surface area contributed by atoms with E-state index in [1.54, 1.807) is 12.1 Å². The molecule has 1 saturated carbocycles. The SMILES string of the molecule is CC(O[C@H]1CCCC[C@@H]1NS(=O)(=O)c1ccc(C)cc1)=C1N(c2c(C)cc(C)cc2C)C=CN1c1c(C)cc(C)cc1C. The first kappa shape index (κ1) is 30.9. The molecule has 0 saturated heterocycles. The monoisotopic (exact) mass is 599 g/mol. The Morgan fingerprint density at radius 3 is 1.67 bits per heavy atom. The third-order valence-electron chi connectivity index (χ3n) is 8.56. The van der Waals surface area contributed by atoms with Crippen molar-refractivity contribution in [3.63, 3.8) is 0 Å². The maximum absolute atomic E-state index is 13.4. The summed E-state index contributed by atoms with van der Waals surface area (Å²) in [5, 5.41) is 0. The van der Waals surface area contributed by atoms with Gasteiger partial charge in [0.15, 0.2) is 5.82 Å². The van der Waals surface area contributed by atoms with E-state index in [4.69, 9.17) is 4.74 Å². The highest BCUT2D eigenvalue weighted by molar-refractivity contribution is 7.89. The molecule has 43 heavy (non-hydrogen) atoms. The first-order valence-corrected chi connectivity index (χ1v) is 16.7. The molecule has 0 unspecified atom stereocenters. The number of rotatable bonds is 7. The standard InChI is InChI=1S/C36H45N3O3S/c1-23-13-15-31(16-14-23)43(40,41)37-32-11-9-10-12-33(32)42-30(8)36-38(34-26(4)19-24(2)20-27(34)5)17-18-39(36)35-28(6)21-25(3)22-29(35)7/h13-22,32-33,37H,9-12H2,1-8H3/t32-,33-/m0/s1. The molecule has 5 rings (SSSR count). The van der Waals surface area contributed by atoms with E-state index in [0.29, 0.717) is 0 Å². The van der Waals surface area contributed by atoms with E-state index < -0.39 is 10.0 Å². The van der Waals surface area contributed by atoms with Crippen molar-refractivity contribution in [2.75, 3.05) is 9.80 Å². The summed E-state index contributed by atoms with van der Waals surface area (Å²) in [6.45, 7) is 16.8. The van der Waals surface area contributed by atoms with Gasteiger partial charge in [0.25, 0.3) is 0 Å². The minimum absolute atomic E-state index is 0.283. The Morgan fingerprint density at radius 2 is 1.19 bits per heavy atom. The van der Waals surface area contributed by atoms with Crippen LogP contribution in [0.25, 0.3) is 0 Å². The lowest BCUT2D eigenvalue weighted by Crippen LogP contribution is -2.46. The number of nitrogens with zero attached hydrogens (tertiary/aromatic N) is 2. The average molecular weight is 600 g/mol. The van der Waals surface area contributed by atoms with E-state index in [0.717, 1.165) is 54.2 Å². The van der Waals surface area contributed by atoms with Crippen LogP contribution in [0.1, 0.15) is 71.6 Å². The highest BCUT2D eigenvalue weighted by Crippen LogP contribution is 2.40. The van der Waals surface area contributed by atoms with Gasteiger partial charge in [-0.25, -0.2) is 13.1 Å². The number of allylic oxidation sites excluding steroid dienone is 1. The largest absolute Gasteiger partial charge is 0.490 e. The fourth-order valence-corrected chi connectivity index (χ4v) is 8.13. The van der Waals surface area contributed by atoms with E-state index in [1.165, 1.54) is 33.4 Å². The molecule has 6 nitrogen and oxygen atoms in total. The number of hydrogen-bond acceptors (Lipinski definition) is 5. The van der Waals surface area contributed by atoms with Gasteiger partial charge >= 0.3 is 0 Å². The Bertz CT molecular complexity index is 1570. The Labute approximate surface area is 258 Å². The number of nitrogens with one attached hydrogen (secondary N) is 1. The van der Waals surface area contributed by atoms with Crippen molar-refractivity contribution in [3.8, 4) is 0 Å². The molecule has 228 valence electrons. The summed E-state index contributed by atoms with van der Waals surface area (Å²) in [6.07, 6.45) is 7.41. The minimum atomic E-state index is -3.68. The van der Waals surface area contributed by atoms with Crippen LogP contribution in [0.15, 0.2) is 77.4 Å². The molecule has 0 spiro atoms. The summed E-state index contributed by atoms with van der Waals surface area (Å²) < 4.78 is 36.6. The first-order valence-electron chi connectivity index (χ1n) is 15.2. The van der Waals surface area contributed by atoms with Crippen LogP contribution in [0.5, 0.6) is 0 Å². The summed E-state index contributed by atoms with van der Waals surface area (Å²) in [6, 6.07) is 15.5. The van der Waals surface area contributed by atoms with Crippen LogP contribution in [0.2, 0.25) is 0 Å². The zero-order chi connectivity index (χ0) is 31.1. The predicted molar refractivity (Wildman–Crippen MR) is 177 cm³/mol. The van der Waals surface area contributed by atoms with Crippen LogP contribution in [0, 0.1) is 48.5 Å². The smallest absolute Gasteiger partial charge is 0.240 e. The molecule has 0 radical (unpaired) electrons. The van der Waals surface area contributed by atoms with Crippen molar-refractivity contribution in [3.05, 3.63) is 111 Å². The number of ether oxygens (including phenoxy) is 1. The van der Waals surface area contributed by atoms with Crippen LogP contribution in [0.4, 0.5) is 11.4 Å². The summed E-state index contributed by atoms with van der Waals surface area (Å²) in [5.74, 6) is 1.69. The van der Waals surface area contributed by atoms with Crippen LogP contribution in [0.3, 0.4) is 0 Å². The van der Waals surface area contributed by atoms with Gasteiger partial charge in [0.1, 0.15) is 11.9 Å². The number of sulfonamides is 1. The van der Waals surface area contributed by atoms with Gasteiger partial charge in [-0.15, -0.1) is 0 Å². The molecule has 2 atom stereocenters. The highest BCUT2D eigenvalue weighted by atomic mass is 32.2. The van der Waals surface area contributed by atoms with Crippen molar-refractivity contribution in [1.29, 1.82) is 0 Å². The lowest BCUT2D eigenvalue weighted by molar-refractivity contribution is 0.0590. The molecule has 1 aliphatic heterocycles. The van der Waals surface area contributed by atoms with Crippen LogP contribution in [-0.4, -0.2) is 20.6 Å². The second kappa shape index (κ2) is 12.2. The Morgan fingerprint density at radius 1 is 0.721 bits per heavy atom. The molecule has 3 aromatic rings. The van der Waals surface area contributed by atoms with Gasteiger partial charge in [0, 0.05) is 12.4 Å².